The van der Waals surface area contributed by atoms with Crippen LogP contribution in [0, 0.1) is 3.57 Å². The Labute approximate surface area is 133 Å². The lowest BCUT2D eigenvalue weighted by atomic mass is 10.2. The summed E-state index contributed by atoms with van der Waals surface area (Å²) in [5.41, 5.74) is 0. The molecule has 1 rings (SSSR count). The van der Waals surface area contributed by atoms with E-state index in [-0.39, 0.29) is 10.9 Å². The molecule has 0 aromatic heterocycles. The van der Waals surface area contributed by atoms with Gasteiger partial charge >= 0.3 is 5.97 Å². The maximum absolute atomic E-state index is 11.9. The monoisotopic (exact) mass is 411 g/mol. The maximum atomic E-state index is 11.9. The lowest BCUT2D eigenvalue weighted by Crippen LogP contribution is -2.24. The van der Waals surface area contributed by atoms with E-state index >= 15 is 0 Å². The predicted octanol–water partition coefficient (Wildman–Crippen LogP) is 2.30. The first-order valence-corrected chi connectivity index (χ1v) is 8.84. The Morgan fingerprint density at radius 2 is 1.85 bits per heavy atom. The summed E-state index contributed by atoms with van der Waals surface area (Å²) in [6.07, 6.45) is 2.56. The minimum absolute atomic E-state index is 0.232. The smallest absolute Gasteiger partial charge is 0.305 e. The van der Waals surface area contributed by atoms with Crippen LogP contribution in [-0.4, -0.2) is 28.0 Å². The van der Waals surface area contributed by atoms with Crippen molar-refractivity contribution < 1.29 is 17.9 Å². The number of nitrogens with one attached hydrogen (secondary N) is 1. The second-order valence-electron chi connectivity index (χ2n) is 4.24. The number of ether oxygens (including phenoxy) is 1. The number of carbonyl (C=O) groups is 1. The van der Waals surface area contributed by atoms with Crippen molar-refractivity contribution in [2.75, 3.05) is 13.7 Å². The molecule has 1 aromatic carbocycles. The summed E-state index contributed by atoms with van der Waals surface area (Å²) in [6.45, 7) is 0.371. The molecule has 1 aromatic rings. The minimum atomic E-state index is -3.43. The van der Waals surface area contributed by atoms with Crippen LogP contribution in [0.1, 0.15) is 25.7 Å². The molecule has 0 saturated heterocycles. The lowest BCUT2D eigenvalue weighted by molar-refractivity contribution is -0.140. The molecule has 0 radical (unpaired) electrons. The normalized spacial score (nSPS) is 11.3. The molecule has 0 amide bonds. The first-order chi connectivity index (χ1) is 9.45. The molecule has 0 heterocycles. The molecule has 0 bridgehead atoms. The van der Waals surface area contributed by atoms with Gasteiger partial charge in [-0.2, -0.15) is 0 Å². The van der Waals surface area contributed by atoms with Gasteiger partial charge in [0.15, 0.2) is 0 Å². The maximum Gasteiger partial charge on any atom is 0.305 e. The van der Waals surface area contributed by atoms with Gasteiger partial charge in [0.25, 0.3) is 0 Å². The fraction of sp³-hybridized carbons (Fsp3) is 0.462. The Morgan fingerprint density at radius 3 is 2.45 bits per heavy atom. The van der Waals surface area contributed by atoms with E-state index in [2.05, 4.69) is 32.0 Å². The van der Waals surface area contributed by atoms with Crippen molar-refractivity contribution in [1.82, 2.24) is 4.72 Å². The molecule has 0 aliphatic carbocycles. The summed E-state index contributed by atoms with van der Waals surface area (Å²) >= 11 is 2.12. The van der Waals surface area contributed by atoms with Crippen LogP contribution < -0.4 is 4.72 Å². The van der Waals surface area contributed by atoms with Gasteiger partial charge in [0.05, 0.1) is 12.0 Å². The predicted molar refractivity (Wildman–Crippen MR) is 84.8 cm³/mol. The van der Waals surface area contributed by atoms with Gasteiger partial charge in [-0.05, 0) is 59.7 Å². The molecule has 0 saturated carbocycles. The third-order valence-corrected chi connectivity index (χ3v) is 4.90. The number of hydrogen-bond donors (Lipinski definition) is 1. The lowest BCUT2D eigenvalue weighted by Gasteiger charge is -2.06. The number of methoxy groups -OCH3 is 1. The van der Waals surface area contributed by atoms with E-state index in [4.69, 9.17) is 0 Å². The standard InChI is InChI=1S/C13H18INO4S/c1-19-13(16)5-3-2-4-10-15-20(17,18)12-8-6-11(14)7-9-12/h6-9,15H,2-5,10H2,1H3. The van der Waals surface area contributed by atoms with Crippen LogP contribution in [0.15, 0.2) is 29.2 Å². The van der Waals surface area contributed by atoms with Gasteiger partial charge < -0.3 is 4.74 Å². The molecular formula is C13H18INO4S. The summed E-state index contributed by atoms with van der Waals surface area (Å²) in [5, 5.41) is 0. The van der Waals surface area contributed by atoms with Gasteiger partial charge in [-0.15, -0.1) is 0 Å². The topological polar surface area (TPSA) is 72.5 Å². The largest absolute Gasteiger partial charge is 0.469 e. The Morgan fingerprint density at radius 1 is 1.20 bits per heavy atom. The van der Waals surface area contributed by atoms with Gasteiger partial charge in [-0.3, -0.25) is 4.79 Å². The molecule has 0 spiro atoms. The van der Waals surface area contributed by atoms with Crippen LogP contribution in [0.3, 0.4) is 0 Å². The molecule has 0 aliphatic heterocycles. The van der Waals surface area contributed by atoms with Gasteiger partial charge in [-0.1, -0.05) is 6.42 Å². The molecule has 0 fully saturated rings. The van der Waals surface area contributed by atoms with Crippen molar-refractivity contribution in [3.63, 3.8) is 0 Å². The Kier molecular flexibility index (Phi) is 7.46. The highest BCUT2D eigenvalue weighted by Crippen LogP contribution is 2.12. The third kappa shape index (κ3) is 6.19. The van der Waals surface area contributed by atoms with Gasteiger partial charge in [0, 0.05) is 16.5 Å². The molecule has 0 aliphatic rings. The highest BCUT2D eigenvalue weighted by molar-refractivity contribution is 14.1. The van der Waals surface area contributed by atoms with Crippen molar-refractivity contribution in [2.45, 2.75) is 30.6 Å². The van der Waals surface area contributed by atoms with Gasteiger partial charge in [0.2, 0.25) is 10.0 Å². The zero-order valence-corrected chi connectivity index (χ0v) is 14.2. The van der Waals surface area contributed by atoms with Crippen molar-refractivity contribution >= 4 is 38.6 Å². The summed E-state index contributed by atoms with van der Waals surface area (Å²) in [4.78, 5) is 11.2. The number of rotatable bonds is 8. The SMILES string of the molecule is COC(=O)CCCCCNS(=O)(=O)c1ccc(I)cc1. The van der Waals surface area contributed by atoms with E-state index in [1.54, 1.807) is 24.3 Å². The second kappa shape index (κ2) is 8.58. The molecule has 112 valence electrons. The van der Waals surface area contributed by atoms with E-state index in [1.165, 1.54) is 7.11 Å². The van der Waals surface area contributed by atoms with E-state index in [0.717, 1.165) is 9.99 Å². The third-order valence-electron chi connectivity index (χ3n) is 2.70. The van der Waals surface area contributed by atoms with Crippen molar-refractivity contribution in [3.05, 3.63) is 27.8 Å². The Hall–Kier alpha value is -0.670. The Bertz CT molecular complexity index is 528. The van der Waals surface area contributed by atoms with Crippen LogP contribution >= 0.6 is 22.6 Å². The first kappa shape index (κ1) is 17.4. The number of unbranched alkanes of at least 4 members (excludes halogenated alkanes) is 2. The zero-order valence-electron chi connectivity index (χ0n) is 11.3. The summed E-state index contributed by atoms with van der Waals surface area (Å²) in [7, 11) is -2.07. The van der Waals surface area contributed by atoms with Crippen LogP contribution in [0.2, 0.25) is 0 Å². The van der Waals surface area contributed by atoms with Crippen molar-refractivity contribution in [1.29, 1.82) is 0 Å². The minimum Gasteiger partial charge on any atom is -0.469 e. The van der Waals surface area contributed by atoms with Crippen LogP contribution in [-0.2, 0) is 19.6 Å². The summed E-state index contributed by atoms with van der Waals surface area (Å²) in [6, 6.07) is 6.68. The molecule has 0 unspecified atom stereocenters. The first-order valence-electron chi connectivity index (χ1n) is 6.28. The van der Waals surface area contributed by atoms with Gasteiger partial charge in [-0.25, -0.2) is 13.1 Å². The van der Waals surface area contributed by atoms with E-state index in [1.807, 2.05) is 0 Å². The highest BCUT2D eigenvalue weighted by Gasteiger charge is 2.12. The molecule has 20 heavy (non-hydrogen) atoms. The van der Waals surface area contributed by atoms with Crippen molar-refractivity contribution in [2.24, 2.45) is 0 Å². The quantitative estimate of drug-likeness (QED) is 0.405. The number of halogens is 1. The summed E-state index contributed by atoms with van der Waals surface area (Å²) in [5.74, 6) is -0.232. The fourth-order valence-electron chi connectivity index (χ4n) is 1.58. The number of hydrogen-bond acceptors (Lipinski definition) is 4. The average Bonchev–Trinajstić information content (AvgIpc) is 2.42. The van der Waals surface area contributed by atoms with E-state index in [9.17, 15) is 13.2 Å². The average molecular weight is 411 g/mol. The Balaban J connectivity index is 2.30. The summed E-state index contributed by atoms with van der Waals surface area (Å²) < 4.78 is 32.0. The number of esters is 1. The van der Waals surface area contributed by atoms with Gasteiger partial charge in [0.1, 0.15) is 0 Å². The highest BCUT2D eigenvalue weighted by atomic mass is 127. The molecule has 7 heteroatoms. The van der Waals surface area contributed by atoms with Crippen LogP contribution in [0.5, 0.6) is 0 Å². The van der Waals surface area contributed by atoms with E-state index < -0.39 is 10.0 Å². The van der Waals surface area contributed by atoms with Crippen molar-refractivity contribution in [3.8, 4) is 0 Å². The number of sulfonamides is 1. The molecule has 1 N–H and O–H groups in total. The van der Waals surface area contributed by atoms with Crippen LogP contribution in [0.4, 0.5) is 0 Å². The zero-order chi connectivity index (χ0) is 15.0. The van der Waals surface area contributed by atoms with Crippen LogP contribution in [0.25, 0.3) is 0 Å². The number of benzene rings is 1. The number of carbonyl (C=O) groups excluding carboxylic acids is 1. The molecule has 0 atom stereocenters. The fourth-order valence-corrected chi connectivity index (χ4v) is 3.01. The van der Waals surface area contributed by atoms with E-state index in [0.29, 0.717) is 25.8 Å². The molecule has 5 nitrogen and oxygen atoms in total. The second-order valence-corrected chi connectivity index (χ2v) is 7.25. The molecular weight excluding hydrogens is 393 g/mol.